The molecule has 0 bridgehead atoms. The molecule has 0 radical (unpaired) electrons. The molecule has 2 aliphatic rings. The monoisotopic (exact) mass is 448 g/mol. The first kappa shape index (κ1) is 19.6. The van der Waals surface area contributed by atoms with Crippen molar-refractivity contribution in [1.82, 2.24) is 0 Å². The Bertz CT molecular complexity index is 1880. The van der Waals surface area contributed by atoms with E-state index in [1.165, 1.54) is 82.4 Å². The van der Waals surface area contributed by atoms with E-state index in [0.717, 1.165) is 0 Å². The van der Waals surface area contributed by atoms with Gasteiger partial charge in [-0.3, -0.25) is 0 Å². The van der Waals surface area contributed by atoms with Gasteiger partial charge in [0.25, 0.3) is 0 Å². The lowest BCUT2D eigenvalue weighted by Crippen LogP contribution is -2.18. The van der Waals surface area contributed by atoms with Crippen molar-refractivity contribution in [2.24, 2.45) is 0 Å². The first-order chi connectivity index (χ1) is 16.8. The summed E-state index contributed by atoms with van der Waals surface area (Å²) >= 11 is 0. The van der Waals surface area contributed by atoms with Gasteiger partial charge in [0.05, 0.1) is 0 Å². The third kappa shape index (κ3) is 2.12. The number of benzene rings is 6. The molecule has 0 nitrogen and oxygen atoms in total. The Morgan fingerprint density at radius 3 is 2.00 bits per heavy atom. The maximum atomic E-state index is 2.54. The molecule has 0 saturated carbocycles. The lowest BCUT2D eigenvalue weighted by molar-refractivity contribution is 0.648. The van der Waals surface area contributed by atoms with Gasteiger partial charge in [-0.15, -0.1) is 0 Å². The fraction of sp³-hybridized carbons (Fsp3) is 0.200. The van der Waals surface area contributed by atoms with Crippen LogP contribution in [-0.2, 0) is 10.8 Å². The minimum absolute atomic E-state index is 0.00171. The van der Waals surface area contributed by atoms with Gasteiger partial charge in [0.1, 0.15) is 0 Å². The van der Waals surface area contributed by atoms with Crippen LogP contribution in [0.3, 0.4) is 0 Å². The van der Waals surface area contributed by atoms with Crippen LogP contribution in [0, 0.1) is 6.92 Å². The maximum absolute atomic E-state index is 2.54. The van der Waals surface area contributed by atoms with Crippen molar-refractivity contribution in [2.45, 2.75) is 45.4 Å². The molecular weight excluding hydrogens is 420 g/mol. The Kier molecular flexibility index (Phi) is 3.34. The fourth-order valence-electron chi connectivity index (χ4n) is 7.77. The van der Waals surface area contributed by atoms with E-state index in [1.54, 1.807) is 0 Å². The first-order valence-corrected chi connectivity index (χ1v) is 12.8. The lowest BCUT2D eigenvalue weighted by atomic mass is 9.77. The zero-order valence-electron chi connectivity index (χ0n) is 21.0. The second-order valence-electron chi connectivity index (χ2n) is 11.8. The summed E-state index contributed by atoms with van der Waals surface area (Å²) in [6, 6.07) is 30.1. The predicted molar refractivity (Wildman–Crippen MR) is 150 cm³/mol. The van der Waals surface area contributed by atoms with E-state index in [9.17, 15) is 0 Å². The molecule has 168 valence electrons. The summed E-state index contributed by atoms with van der Waals surface area (Å²) in [6.07, 6.45) is 0. The Hall–Kier alpha value is -3.64. The molecule has 35 heavy (non-hydrogen) atoms. The zero-order valence-corrected chi connectivity index (χ0v) is 21.0. The first-order valence-electron chi connectivity index (χ1n) is 12.8. The van der Waals surface area contributed by atoms with Gasteiger partial charge in [-0.2, -0.15) is 0 Å². The molecule has 6 aromatic rings. The van der Waals surface area contributed by atoms with Crippen LogP contribution in [0.2, 0.25) is 0 Å². The normalized spacial score (nSPS) is 16.6. The molecule has 0 unspecified atom stereocenters. The van der Waals surface area contributed by atoms with Gasteiger partial charge in [-0.1, -0.05) is 94.4 Å². The number of fused-ring (bicyclic) bond motifs is 7. The van der Waals surface area contributed by atoms with Crippen molar-refractivity contribution in [1.29, 1.82) is 0 Å². The van der Waals surface area contributed by atoms with E-state index in [0.29, 0.717) is 0 Å². The summed E-state index contributed by atoms with van der Waals surface area (Å²) in [6.45, 7) is 12.0. The summed E-state index contributed by atoms with van der Waals surface area (Å²) < 4.78 is 0. The topological polar surface area (TPSA) is 0 Å². The van der Waals surface area contributed by atoms with Crippen LogP contribution in [0.15, 0.2) is 78.9 Å². The molecule has 0 spiro atoms. The van der Waals surface area contributed by atoms with Crippen LogP contribution < -0.4 is 0 Å². The molecule has 8 rings (SSSR count). The zero-order chi connectivity index (χ0) is 23.9. The van der Waals surface area contributed by atoms with Gasteiger partial charge in [0.2, 0.25) is 0 Å². The van der Waals surface area contributed by atoms with Crippen LogP contribution in [0.25, 0.3) is 54.6 Å². The number of hydrogen-bond acceptors (Lipinski definition) is 0. The van der Waals surface area contributed by atoms with Crippen molar-refractivity contribution < 1.29 is 0 Å². The van der Waals surface area contributed by atoms with Crippen molar-refractivity contribution >= 4 is 32.3 Å². The summed E-state index contributed by atoms with van der Waals surface area (Å²) in [4.78, 5) is 0. The second-order valence-corrected chi connectivity index (χ2v) is 11.8. The van der Waals surface area contributed by atoms with Crippen molar-refractivity contribution in [3.63, 3.8) is 0 Å². The van der Waals surface area contributed by atoms with Crippen LogP contribution in [0.4, 0.5) is 0 Å². The highest BCUT2D eigenvalue weighted by atomic mass is 14.5. The molecule has 0 aromatic heterocycles. The van der Waals surface area contributed by atoms with Gasteiger partial charge < -0.3 is 0 Å². The van der Waals surface area contributed by atoms with Crippen molar-refractivity contribution in [3.05, 3.63) is 107 Å². The van der Waals surface area contributed by atoms with Crippen LogP contribution in [-0.4, -0.2) is 0 Å². The van der Waals surface area contributed by atoms with E-state index < -0.39 is 0 Å². The Morgan fingerprint density at radius 1 is 0.514 bits per heavy atom. The summed E-state index contributed by atoms with van der Waals surface area (Å²) in [5.41, 5.74) is 13.1. The van der Waals surface area contributed by atoms with Crippen LogP contribution in [0.1, 0.15) is 55.5 Å². The van der Waals surface area contributed by atoms with Gasteiger partial charge >= 0.3 is 0 Å². The molecule has 0 fully saturated rings. The Labute approximate surface area is 206 Å². The molecule has 0 N–H and O–H groups in total. The lowest BCUT2D eigenvalue weighted by Gasteiger charge is -2.26. The highest BCUT2D eigenvalue weighted by Crippen LogP contribution is 2.59. The van der Waals surface area contributed by atoms with Gasteiger partial charge in [-0.05, 0) is 101 Å². The van der Waals surface area contributed by atoms with E-state index >= 15 is 0 Å². The highest BCUT2D eigenvalue weighted by Gasteiger charge is 2.44. The molecule has 0 saturated heterocycles. The minimum Gasteiger partial charge on any atom is -0.0619 e. The molecule has 6 aromatic carbocycles. The standard InChI is InChI=1S/C35H28/c1-19-29-28(18-25-23-11-6-7-12-26(23)35(4,5)33(19)25)34(2,3)27-17-22-14-13-20-9-8-10-21-15-16-24(32(27)29)31(22)30(20)21/h6-18H,1-5H3. The van der Waals surface area contributed by atoms with Gasteiger partial charge in [-0.25, -0.2) is 0 Å². The molecule has 0 aliphatic heterocycles. The van der Waals surface area contributed by atoms with E-state index in [4.69, 9.17) is 0 Å². The third-order valence-electron chi connectivity index (χ3n) is 9.34. The third-order valence-corrected chi connectivity index (χ3v) is 9.34. The highest BCUT2D eigenvalue weighted by molar-refractivity contribution is 6.26. The predicted octanol–water partition coefficient (Wildman–Crippen LogP) is 9.51. The van der Waals surface area contributed by atoms with Crippen molar-refractivity contribution in [3.8, 4) is 22.3 Å². The SMILES string of the molecule is Cc1c2c(cc3c1C(C)(C)c1ccccc1-3)C(C)(C)c1cc3ccc4cccc5ccc(c1-2)c3c45. The Morgan fingerprint density at radius 2 is 1.20 bits per heavy atom. The molecule has 0 amide bonds. The second kappa shape index (κ2) is 5.94. The Balaban J connectivity index is 1.57. The quantitative estimate of drug-likeness (QED) is 0.203. The van der Waals surface area contributed by atoms with Crippen molar-refractivity contribution in [2.75, 3.05) is 0 Å². The molecular formula is C35H28. The maximum Gasteiger partial charge on any atom is 0.0161 e. The van der Waals surface area contributed by atoms with E-state index in [2.05, 4.69) is 113 Å². The summed E-state index contributed by atoms with van der Waals surface area (Å²) in [5, 5.41) is 8.26. The van der Waals surface area contributed by atoms with Crippen LogP contribution >= 0.6 is 0 Å². The fourth-order valence-corrected chi connectivity index (χ4v) is 7.77. The van der Waals surface area contributed by atoms with Gasteiger partial charge in [0, 0.05) is 10.8 Å². The smallest absolute Gasteiger partial charge is 0.0161 e. The minimum atomic E-state index is -0.0451. The summed E-state index contributed by atoms with van der Waals surface area (Å²) in [7, 11) is 0. The average Bonchev–Trinajstić information content (AvgIpc) is 3.23. The average molecular weight is 449 g/mol. The number of rotatable bonds is 0. The molecule has 0 heteroatoms. The van der Waals surface area contributed by atoms with Crippen LogP contribution in [0.5, 0.6) is 0 Å². The molecule has 0 heterocycles. The van der Waals surface area contributed by atoms with E-state index in [1.807, 2.05) is 0 Å². The molecule has 0 atom stereocenters. The van der Waals surface area contributed by atoms with E-state index in [-0.39, 0.29) is 10.8 Å². The number of hydrogen-bond donors (Lipinski definition) is 0. The van der Waals surface area contributed by atoms with Gasteiger partial charge in [0.15, 0.2) is 0 Å². The summed E-state index contributed by atoms with van der Waals surface area (Å²) in [5.74, 6) is 0. The molecule has 2 aliphatic carbocycles. The largest absolute Gasteiger partial charge is 0.0619 e.